The van der Waals surface area contributed by atoms with Gasteiger partial charge in [-0.15, -0.1) is 0 Å². The number of esters is 2. The van der Waals surface area contributed by atoms with Gasteiger partial charge in [0.25, 0.3) is 0 Å². The van der Waals surface area contributed by atoms with Crippen LogP contribution in [0, 0.1) is 0 Å². The number of carbonyl (C=O) groups is 2. The number of ether oxygens (including phenoxy) is 4. The number of carbonyl (C=O) groups excluding carboxylic acids is 2. The van der Waals surface area contributed by atoms with Crippen molar-refractivity contribution in [3.05, 3.63) is 31.5 Å². The molecule has 2 aliphatic heterocycles. The summed E-state index contributed by atoms with van der Waals surface area (Å²) < 4.78 is 22.0. The molecule has 12 nitrogen and oxygen atoms in total. The Kier molecular flexibility index (Phi) is 6.09. The smallest absolute Gasteiger partial charge is 0.336 e. The molecule has 0 spiro atoms. The minimum atomic E-state index is -0.898. The summed E-state index contributed by atoms with van der Waals surface area (Å²) in [4.78, 5) is 60.4. The Balaban J connectivity index is 1.64. The Morgan fingerprint density at radius 1 is 0.857 bits per heavy atom. The van der Waals surface area contributed by atoms with Gasteiger partial charge in [-0.2, -0.15) is 0 Å². The highest BCUT2D eigenvalue weighted by Crippen LogP contribution is 2.09. The van der Waals surface area contributed by atoms with Crippen molar-refractivity contribution >= 4 is 11.9 Å². The first-order valence-corrected chi connectivity index (χ1v) is 8.82. The third-order valence-electron chi connectivity index (χ3n) is 4.24. The molecule has 3 heterocycles. The van der Waals surface area contributed by atoms with E-state index in [1.165, 1.54) is 7.05 Å². The lowest BCUT2D eigenvalue weighted by Gasteiger charge is -2.11. The second-order valence-corrected chi connectivity index (χ2v) is 6.49. The lowest BCUT2D eigenvalue weighted by atomic mass is 10.4. The molecule has 12 heteroatoms. The van der Waals surface area contributed by atoms with Gasteiger partial charge in [-0.3, -0.25) is 9.59 Å². The lowest BCUT2D eigenvalue weighted by Crippen LogP contribution is -2.54. The van der Waals surface area contributed by atoms with Crippen molar-refractivity contribution in [2.75, 3.05) is 26.4 Å². The molecular weight excluding hydrogens is 378 g/mol. The Labute approximate surface area is 158 Å². The number of epoxide rings is 2. The zero-order chi connectivity index (χ0) is 20.3. The van der Waals surface area contributed by atoms with Crippen LogP contribution in [0.1, 0.15) is 12.8 Å². The van der Waals surface area contributed by atoms with Crippen LogP contribution in [-0.2, 0) is 48.7 Å². The van der Waals surface area contributed by atoms with Gasteiger partial charge in [-0.1, -0.05) is 0 Å². The molecule has 1 aromatic rings. The van der Waals surface area contributed by atoms with Crippen molar-refractivity contribution in [1.29, 1.82) is 0 Å². The Hall–Kier alpha value is -2.73. The average molecular weight is 399 g/mol. The summed E-state index contributed by atoms with van der Waals surface area (Å²) in [6.07, 6.45) is -0.618. The molecule has 3 rings (SSSR count). The highest BCUT2D eigenvalue weighted by molar-refractivity contribution is 5.69. The van der Waals surface area contributed by atoms with Crippen molar-refractivity contribution in [2.45, 2.75) is 38.1 Å². The van der Waals surface area contributed by atoms with Crippen LogP contribution in [0.4, 0.5) is 0 Å². The zero-order valence-electron chi connectivity index (χ0n) is 15.3. The van der Waals surface area contributed by atoms with Crippen molar-refractivity contribution < 1.29 is 28.5 Å². The predicted molar refractivity (Wildman–Crippen MR) is 90.8 cm³/mol. The molecule has 2 unspecified atom stereocenters. The van der Waals surface area contributed by atoms with Gasteiger partial charge in [-0.25, -0.2) is 28.1 Å². The van der Waals surface area contributed by atoms with Gasteiger partial charge in [0, 0.05) is 20.1 Å². The van der Waals surface area contributed by atoms with Crippen LogP contribution < -0.4 is 17.1 Å². The largest absolute Gasteiger partial charge is 0.463 e. The molecule has 154 valence electrons. The van der Waals surface area contributed by atoms with Gasteiger partial charge >= 0.3 is 29.0 Å². The minimum Gasteiger partial charge on any atom is -0.463 e. The molecule has 0 radical (unpaired) electrons. The zero-order valence-corrected chi connectivity index (χ0v) is 15.3. The first kappa shape index (κ1) is 20.0. The molecule has 0 amide bonds. The Morgan fingerprint density at radius 2 is 1.25 bits per heavy atom. The van der Waals surface area contributed by atoms with Crippen LogP contribution in [0.2, 0.25) is 0 Å². The van der Waals surface area contributed by atoms with E-state index in [-0.39, 0.29) is 51.4 Å². The fraction of sp³-hybridized carbons (Fsp3) is 0.688. The SMILES string of the molecule is Cn1c(=O)n(CCC(=O)OCC2CO2)c(=O)n(CCC(=O)OCC2CO2)c1=O. The van der Waals surface area contributed by atoms with Gasteiger partial charge in [0.2, 0.25) is 0 Å². The van der Waals surface area contributed by atoms with Crippen LogP contribution in [-0.4, -0.2) is 64.3 Å². The van der Waals surface area contributed by atoms with Gasteiger partial charge in [0.1, 0.15) is 25.4 Å². The summed E-state index contributed by atoms with van der Waals surface area (Å²) in [5, 5.41) is 0. The molecule has 2 aliphatic rings. The Morgan fingerprint density at radius 3 is 1.61 bits per heavy atom. The third kappa shape index (κ3) is 5.16. The molecule has 0 bridgehead atoms. The van der Waals surface area contributed by atoms with Crippen LogP contribution in [0.15, 0.2) is 14.4 Å². The van der Waals surface area contributed by atoms with E-state index in [0.29, 0.717) is 13.2 Å². The summed E-state index contributed by atoms with van der Waals surface area (Å²) in [6.45, 7) is 0.820. The molecule has 0 saturated carbocycles. The third-order valence-corrected chi connectivity index (χ3v) is 4.24. The molecule has 28 heavy (non-hydrogen) atoms. The molecular formula is C16H21N3O9. The molecule has 0 aromatic carbocycles. The fourth-order valence-electron chi connectivity index (χ4n) is 2.39. The molecule has 0 N–H and O–H groups in total. The van der Waals surface area contributed by atoms with E-state index in [0.717, 1.165) is 13.7 Å². The lowest BCUT2D eigenvalue weighted by molar-refractivity contribution is -0.145. The average Bonchev–Trinajstić information content (AvgIpc) is 3.57. The summed E-state index contributed by atoms with van der Waals surface area (Å²) in [5.41, 5.74) is -2.60. The quantitative estimate of drug-likeness (QED) is 0.305. The molecule has 0 aliphatic carbocycles. The van der Waals surface area contributed by atoms with Crippen molar-refractivity contribution in [3.63, 3.8) is 0 Å². The van der Waals surface area contributed by atoms with E-state index in [4.69, 9.17) is 18.9 Å². The van der Waals surface area contributed by atoms with Gasteiger partial charge < -0.3 is 18.9 Å². The normalized spacial score (nSPS) is 19.9. The van der Waals surface area contributed by atoms with Crippen molar-refractivity contribution in [3.8, 4) is 0 Å². The maximum Gasteiger partial charge on any atom is 0.336 e. The monoisotopic (exact) mass is 399 g/mol. The first-order valence-electron chi connectivity index (χ1n) is 8.82. The van der Waals surface area contributed by atoms with Crippen LogP contribution in [0.3, 0.4) is 0 Å². The summed E-state index contributed by atoms with van der Waals surface area (Å²) >= 11 is 0. The summed E-state index contributed by atoms with van der Waals surface area (Å²) in [5.74, 6) is -1.18. The van der Waals surface area contributed by atoms with E-state index in [1.807, 2.05) is 0 Å². The van der Waals surface area contributed by atoms with E-state index < -0.39 is 29.0 Å². The van der Waals surface area contributed by atoms with Crippen molar-refractivity contribution in [1.82, 2.24) is 13.7 Å². The second-order valence-electron chi connectivity index (χ2n) is 6.49. The van der Waals surface area contributed by atoms with Gasteiger partial charge in [0.05, 0.1) is 26.1 Å². The predicted octanol–water partition coefficient (Wildman–Crippen LogP) is -2.63. The fourth-order valence-corrected chi connectivity index (χ4v) is 2.39. The van der Waals surface area contributed by atoms with Gasteiger partial charge in [-0.05, 0) is 0 Å². The van der Waals surface area contributed by atoms with Crippen molar-refractivity contribution in [2.24, 2.45) is 7.05 Å². The second kappa shape index (κ2) is 8.52. The van der Waals surface area contributed by atoms with E-state index in [2.05, 4.69) is 0 Å². The highest BCUT2D eigenvalue weighted by Gasteiger charge is 2.25. The maximum absolute atomic E-state index is 12.5. The van der Waals surface area contributed by atoms with E-state index in [1.54, 1.807) is 0 Å². The minimum absolute atomic E-state index is 0.0901. The van der Waals surface area contributed by atoms with E-state index >= 15 is 0 Å². The molecule has 2 fully saturated rings. The number of hydrogen-bond donors (Lipinski definition) is 0. The summed E-state index contributed by atoms with van der Waals surface area (Å²) in [6, 6.07) is 0. The Bertz CT molecular complexity index is 851. The van der Waals surface area contributed by atoms with Crippen LogP contribution in [0.5, 0.6) is 0 Å². The van der Waals surface area contributed by atoms with E-state index in [9.17, 15) is 24.0 Å². The van der Waals surface area contributed by atoms with Crippen LogP contribution >= 0.6 is 0 Å². The number of rotatable bonds is 10. The molecule has 2 atom stereocenters. The highest BCUT2D eigenvalue weighted by atomic mass is 16.6. The summed E-state index contributed by atoms with van der Waals surface area (Å²) in [7, 11) is 1.21. The molecule has 1 aromatic heterocycles. The maximum atomic E-state index is 12.5. The standard InChI is InChI=1S/C16H21N3O9/c1-17-14(22)18(4-2-12(20)27-8-10-6-25-10)16(24)19(15(17)23)5-3-13(21)28-9-11-7-26-11/h10-11H,2-9H2,1H3. The topological polar surface area (TPSA) is 144 Å². The van der Waals surface area contributed by atoms with Crippen LogP contribution in [0.25, 0.3) is 0 Å². The number of hydrogen-bond acceptors (Lipinski definition) is 9. The van der Waals surface area contributed by atoms with Gasteiger partial charge in [0.15, 0.2) is 0 Å². The number of nitrogens with zero attached hydrogens (tertiary/aromatic N) is 3. The molecule has 2 saturated heterocycles. The number of aromatic nitrogens is 3. The first-order chi connectivity index (χ1) is 13.4.